The Hall–Kier alpha value is -4.25. The third kappa shape index (κ3) is 5.33. The number of benzene rings is 4. The van der Waals surface area contributed by atoms with Gasteiger partial charge >= 0.3 is 5.97 Å². The number of para-hydroxylation sites is 1. The molecule has 0 heterocycles. The number of rotatable bonds is 8. The van der Waals surface area contributed by atoms with Crippen LogP contribution in [0.25, 0.3) is 0 Å². The van der Waals surface area contributed by atoms with E-state index in [1.807, 2.05) is 66.7 Å². The van der Waals surface area contributed by atoms with Crippen molar-refractivity contribution in [1.82, 2.24) is 0 Å². The lowest BCUT2D eigenvalue weighted by atomic mass is 10.0. The fourth-order valence-corrected chi connectivity index (χ4v) is 3.49. The van der Waals surface area contributed by atoms with Crippen LogP contribution in [-0.4, -0.2) is 18.2 Å². The Morgan fingerprint density at radius 1 is 0.788 bits per heavy atom. The molecule has 0 bridgehead atoms. The van der Waals surface area contributed by atoms with E-state index >= 15 is 0 Å². The Kier molecular flexibility index (Phi) is 6.90. The number of hydrogen-bond donors (Lipinski definition) is 1. The predicted molar refractivity (Wildman–Crippen MR) is 126 cm³/mol. The second kappa shape index (κ2) is 10.4. The molecule has 0 aliphatic carbocycles. The molecule has 5 heteroatoms. The first-order valence-corrected chi connectivity index (χ1v) is 10.5. The highest BCUT2D eigenvalue weighted by atomic mass is 16.5. The Morgan fingerprint density at radius 2 is 1.39 bits per heavy atom. The van der Waals surface area contributed by atoms with E-state index in [0.717, 1.165) is 11.1 Å². The van der Waals surface area contributed by atoms with Crippen LogP contribution in [0.3, 0.4) is 0 Å². The molecule has 0 aromatic heterocycles. The molecule has 0 amide bonds. The van der Waals surface area contributed by atoms with Gasteiger partial charge in [-0.3, -0.25) is 0 Å². The first kappa shape index (κ1) is 22.0. The summed E-state index contributed by atoms with van der Waals surface area (Å²) in [6.07, 6.45) is -0.386. The molecule has 5 nitrogen and oxygen atoms in total. The molecule has 0 atom stereocenters. The predicted octanol–water partition coefficient (Wildman–Crippen LogP) is 5.93. The standard InChI is InChI=1S/C28H24O5/c1-31-26-18-20(16-17-24(26)29)19-32-28(30)23-14-8-9-15-25(23)33-27(21-10-4-2-5-11-21)22-12-6-3-7-13-22/h2-18,27,29H,19H2,1H3. The monoisotopic (exact) mass is 440 g/mol. The maximum atomic E-state index is 12.9. The molecule has 0 aliphatic heterocycles. The Balaban J connectivity index is 1.56. The molecule has 33 heavy (non-hydrogen) atoms. The summed E-state index contributed by atoms with van der Waals surface area (Å²) in [5, 5.41) is 9.75. The molecule has 4 aromatic rings. The van der Waals surface area contributed by atoms with Gasteiger partial charge in [0.1, 0.15) is 24.0 Å². The van der Waals surface area contributed by atoms with Gasteiger partial charge in [-0.2, -0.15) is 0 Å². The third-order valence-corrected chi connectivity index (χ3v) is 5.17. The minimum absolute atomic E-state index is 0.0270. The maximum Gasteiger partial charge on any atom is 0.342 e. The van der Waals surface area contributed by atoms with Crippen molar-refractivity contribution in [2.24, 2.45) is 0 Å². The quantitative estimate of drug-likeness (QED) is 0.344. The van der Waals surface area contributed by atoms with Crippen LogP contribution in [0.15, 0.2) is 103 Å². The number of phenolic OH excluding ortho intramolecular Hbond substituents is 1. The van der Waals surface area contributed by atoms with Crippen LogP contribution in [0.1, 0.15) is 33.2 Å². The first-order valence-electron chi connectivity index (χ1n) is 10.5. The minimum Gasteiger partial charge on any atom is -0.504 e. The van der Waals surface area contributed by atoms with Gasteiger partial charge in [0.25, 0.3) is 0 Å². The van der Waals surface area contributed by atoms with Crippen molar-refractivity contribution in [2.45, 2.75) is 12.7 Å². The number of methoxy groups -OCH3 is 1. The average molecular weight is 440 g/mol. The van der Waals surface area contributed by atoms with Gasteiger partial charge in [-0.15, -0.1) is 0 Å². The highest BCUT2D eigenvalue weighted by Gasteiger charge is 2.20. The van der Waals surface area contributed by atoms with Crippen LogP contribution >= 0.6 is 0 Å². The molecule has 0 aliphatic rings. The highest BCUT2D eigenvalue weighted by Crippen LogP contribution is 2.31. The fourth-order valence-electron chi connectivity index (χ4n) is 3.49. The van der Waals surface area contributed by atoms with E-state index in [9.17, 15) is 9.90 Å². The second-order valence-corrected chi connectivity index (χ2v) is 7.40. The van der Waals surface area contributed by atoms with Crippen molar-refractivity contribution in [3.05, 3.63) is 125 Å². The van der Waals surface area contributed by atoms with E-state index in [1.165, 1.54) is 13.2 Å². The van der Waals surface area contributed by atoms with Crippen LogP contribution in [0.2, 0.25) is 0 Å². The maximum absolute atomic E-state index is 12.9. The molecule has 4 aromatic carbocycles. The van der Waals surface area contributed by atoms with Gasteiger partial charge in [0.2, 0.25) is 0 Å². The summed E-state index contributed by atoms with van der Waals surface area (Å²) in [5.41, 5.74) is 2.98. The molecule has 166 valence electrons. The topological polar surface area (TPSA) is 65.0 Å². The van der Waals surface area contributed by atoms with Crippen LogP contribution in [-0.2, 0) is 11.3 Å². The summed E-state index contributed by atoms with van der Waals surface area (Å²) in [6.45, 7) is 0.0323. The molecule has 0 spiro atoms. The van der Waals surface area contributed by atoms with E-state index < -0.39 is 5.97 Å². The zero-order valence-corrected chi connectivity index (χ0v) is 18.2. The third-order valence-electron chi connectivity index (χ3n) is 5.17. The van der Waals surface area contributed by atoms with Gasteiger partial charge in [-0.25, -0.2) is 4.79 Å². The van der Waals surface area contributed by atoms with Gasteiger partial charge in [0.05, 0.1) is 7.11 Å². The number of esters is 1. The molecular formula is C28H24O5. The van der Waals surface area contributed by atoms with Gasteiger partial charge < -0.3 is 19.3 Å². The zero-order chi connectivity index (χ0) is 23.0. The lowest BCUT2D eigenvalue weighted by molar-refractivity contribution is 0.0466. The highest BCUT2D eigenvalue weighted by molar-refractivity contribution is 5.92. The zero-order valence-electron chi connectivity index (χ0n) is 18.2. The smallest absolute Gasteiger partial charge is 0.342 e. The normalized spacial score (nSPS) is 10.6. The molecule has 0 saturated heterocycles. The number of ether oxygens (including phenoxy) is 3. The summed E-state index contributed by atoms with van der Waals surface area (Å²) >= 11 is 0. The van der Waals surface area contributed by atoms with Crippen molar-refractivity contribution in [1.29, 1.82) is 0 Å². The van der Waals surface area contributed by atoms with Gasteiger partial charge in [0, 0.05) is 0 Å². The average Bonchev–Trinajstić information content (AvgIpc) is 2.88. The van der Waals surface area contributed by atoms with Gasteiger partial charge in [0.15, 0.2) is 11.5 Å². The SMILES string of the molecule is COc1cc(COC(=O)c2ccccc2OC(c2ccccc2)c2ccccc2)ccc1O. The van der Waals surface area contributed by atoms with E-state index in [4.69, 9.17) is 14.2 Å². The van der Waals surface area contributed by atoms with Crippen molar-refractivity contribution in [3.63, 3.8) is 0 Å². The first-order chi connectivity index (χ1) is 16.2. The van der Waals surface area contributed by atoms with Crippen LogP contribution in [0.5, 0.6) is 17.2 Å². The van der Waals surface area contributed by atoms with E-state index in [-0.39, 0.29) is 18.5 Å². The molecule has 1 N–H and O–H groups in total. The lowest BCUT2D eigenvalue weighted by Crippen LogP contribution is -2.13. The van der Waals surface area contributed by atoms with Crippen molar-refractivity contribution < 1.29 is 24.1 Å². The fraction of sp³-hybridized carbons (Fsp3) is 0.107. The van der Waals surface area contributed by atoms with E-state index in [2.05, 4.69) is 0 Å². The summed E-state index contributed by atoms with van der Waals surface area (Å²) < 4.78 is 17.0. The summed E-state index contributed by atoms with van der Waals surface area (Å²) in [4.78, 5) is 12.9. The van der Waals surface area contributed by atoms with Crippen molar-refractivity contribution in [2.75, 3.05) is 7.11 Å². The van der Waals surface area contributed by atoms with Crippen LogP contribution in [0, 0.1) is 0 Å². The van der Waals surface area contributed by atoms with Crippen molar-refractivity contribution >= 4 is 5.97 Å². The summed E-state index contributed by atoms with van der Waals surface area (Å²) in [5.74, 6) is 0.279. The molecular weight excluding hydrogens is 416 g/mol. The number of carbonyl (C=O) groups is 1. The number of carbonyl (C=O) groups excluding carboxylic acids is 1. The Morgan fingerprint density at radius 3 is 2.03 bits per heavy atom. The summed E-state index contributed by atoms with van der Waals surface area (Å²) in [6, 6.07) is 31.6. The van der Waals surface area contributed by atoms with Gasteiger partial charge in [-0.05, 0) is 41.0 Å². The number of aromatic hydroxyl groups is 1. The Labute approximate surface area is 192 Å². The molecule has 0 unspecified atom stereocenters. The summed E-state index contributed by atoms with van der Waals surface area (Å²) in [7, 11) is 1.47. The minimum atomic E-state index is -0.502. The molecule has 0 fully saturated rings. The van der Waals surface area contributed by atoms with Crippen molar-refractivity contribution in [3.8, 4) is 17.2 Å². The molecule has 0 radical (unpaired) electrons. The van der Waals surface area contributed by atoms with Crippen LogP contribution < -0.4 is 9.47 Å². The lowest BCUT2D eigenvalue weighted by Gasteiger charge is -2.21. The number of phenols is 1. The number of hydrogen-bond acceptors (Lipinski definition) is 5. The second-order valence-electron chi connectivity index (χ2n) is 7.40. The van der Waals surface area contributed by atoms with Gasteiger partial charge in [-0.1, -0.05) is 78.9 Å². The van der Waals surface area contributed by atoms with Crippen LogP contribution in [0.4, 0.5) is 0 Å². The largest absolute Gasteiger partial charge is 0.504 e. The Bertz CT molecular complexity index is 1170. The molecule has 4 rings (SSSR count). The van der Waals surface area contributed by atoms with E-state index in [0.29, 0.717) is 22.6 Å². The molecule has 0 saturated carbocycles. The van der Waals surface area contributed by atoms with E-state index in [1.54, 1.807) is 30.3 Å².